The number of carbonyl (C=O) groups is 1. The highest BCUT2D eigenvalue weighted by atomic mass is 79.9. The fourth-order valence-corrected chi connectivity index (χ4v) is 2.45. The largest absolute Gasteiger partial charge is 0.454 e. The van der Waals surface area contributed by atoms with Crippen LogP contribution in [0.5, 0.6) is 11.5 Å². The van der Waals surface area contributed by atoms with E-state index in [1.165, 1.54) is 0 Å². The fourth-order valence-electron chi connectivity index (χ4n) is 2.01. The molecule has 0 bridgehead atoms. The molecule has 0 saturated carbocycles. The predicted octanol–water partition coefficient (Wildman–Crippen LogP) is 2.90. The maximum Gasteiger partial charge on any atom is 0.245 e. The number of rotatable bonds is 2. The molecule has 3 N–H and O–H groups in total. The number of ether oxygens (including phenoxy) is 1. The number of fused-ring (bicyclic) bond motifs is 1. The minimum atomic E-state index is -0.628. The maximum absolute atomic E-state index is 11.5. The van der Waals surface area contributed by atoms with Gasteiger partial charge in [0, 0.05) is 23.0 Å². The van der Waals surface area contributed by atoms with Crippen LogP contribution in [-0.4, -0.2) is 10.9 Å². The van der Waals surface area contributed by atoms with Crippen molar-refractivity contribution in [3.05, 3.63) is 46.2 Å². The first kappa shape index (κ1) is 13.1. The zero-order valence-electron chi connectivity index (χ0n) is 10.7. The number of nitrogens with two attached hydrogens (primary N) is 1. The van der Waals surface area contributed by atoms with E-state index in [0.29, 0.717) is 17.2 Å². The Morgan fingerprint density at radius 2 is 2.20 bits per heavy atom. The molecule has 0 spiro atoms. The molecule has 1 aromatic carbocycles. The number of hydrogen-bond donors (Lipinski definition) is 2. The highest BCUT2D eigenvalue weighted by Gasteiger charge is 2.28. The number of benzene rings is 1. The monoisotopic (exact) mass is 333 g/mol. The first-order valence-corrected chi connectivity index (χ1v) is 6.84. The highest BCUT2D eigenvalue weighted by Crippen LogP contribution is 2.39. The molecule has 6 heteroatoms. The number of carbonyl (C=O) groups excluding carboxylic acids is 1. The van der Waals surface area contributed by atoms with Crippen LogP contribution in [0.15, 0.2) is 34.9 Å². The van der Waals surface area contributed by atoms with Crippen molar-refractivity contribution in [1.82, 2.24) is 4.98 Å². The lowest BCUT2D eigenvalue weighted by Crippen LogP contribution is -2.19. The molecule has 0 fully saturated rings. The molecule has 20 heavy (non-hydrogen) atoms. The van der Waals surface area contributed by atoms with Crippen LogP contribution >= 0.6 is 15.9 Å². The normalized spacial score (nSPS) is 16.8. The molecule has 1 unspecified atom stereocenters. The van der Waals surface area contributed by atoms with Crippen molar-refractivity contribution in [3.8, 4) is 11.5 Å². The average Bonchev–Trinajstić information content (AvgIpc) is 2.69. The summed E-state index contributed by atoms with van der Waals surface area (Å²) in [4.78, 5) is 15.7. The van der Waals surface area contributed by atoms with E-state index in [4.69, 9.17) is 10.5 Å². The number of aromatic nitrogens is 1. The van der Waals surface area contributed by atoms with E-state index in [9.17, 15) is 4.79 Å². The Balaban J connectivity index is 1.94. The molecular formula is C14H12BrN3O2. The minimum Gasteiger partial charge on any atom is -0.454 e. The van der Waals surface area contributed by atoms with Gasteiger partial charge in [-0.15, -0.1) is 0 Å². The van der Waals surface area contributed by atoms with Crippen molar-refractivity contribution in [2.45, 2.75) is 13.0 Å². The van der Waals surface area contributed by atoms with Gasteiger partial charge in [0.25, 0.3) is 0 Å². The summed E-state index contributed by atoms with van der Waals surface area (Å²) in [6.07, 6.45) is 1.65. The van der Waals surface area contributed by atoms with E-state index in [2.05, 4.69) is 26.2 Å². The maximum atomic E-state index is 11.5. The molecule has 2 heterocycles. The van der Waals surface area contributed by atoms with E-state index in [1.54, 1.807) is 18.3 Å². The Kier molecular flexibility index (Phi) is 3.19. The Labute approximate surface area is 124 Å². The lowest BCUT2D eigenvalue weighted by molar-refractivity contribution is -0.116. The summed E-state index contributed by atoms with van der Waals surface area (Å²) in [5.74, 6) is 1.02. The fraction of sp³-hybridized carbons (Fsp3) is 0.143. The van der Waals surface area contributed by atoms with Crippen LogP contribution in [0.1, 0.15) is 17.3 Å². The Morgan fingerprint density at radius 1 is 1.40 bits per heavy atom. The zero-order chi connectivity index (χ0) is 14.3. The SMILES string of the molecule is Cc1ccc(Oc2cc3c(cc2Br)C(N)C(=O)N3)cn1. The summed E-state index contributed by atoms with van der Waals surface area (Å²) in [6, 6.07) is 6.64. The first-order chi connectivity index (χ1) is 9.54. The number of nitrogens with one attached hydrogen (secondary N) is 1. The van der Waals surface area contributed by atoms with Gasteiger partial charge in [-0.05, 0) is 41.1 Å². The van der Waals surface area contributed by atoms with Crippen molar-refractivity contribution in [2.24, 2.45) is 5.73 Å². The van der Waals surface area contributed by atoms with Crippen LogP contribution in [0, 0.1) is 6.92 Å². The molecule has 5 nitrogen and oxygen atoms in total. The van der Waals surface area contributed by atoms with Gasteiger partial charge in [0.2, 0.25) is 5.91 Å². The van der Waals surface area contributed by atoms with E-state index in [0.717, 1.165) is 15.7 Å². The summed E-state index contributed by atoms with van der Waals surface area (Å²) >= 11 is 3.43. The van der Waals surface area contributed by atoms with Crippen LogP contribution in [-0.2, 0) is 4.79 Å². The molecule has 1 aliphatic heterocycles. The second-order valence-corrected chi connectivity index (χ2v) is 5.43. The highest BCUT2D eigenvalue weighted by molar-refractivity contribution is 9.10. The molecule has 2 aromatic rings. The molecule has 0 aliphatic carbocycles. The average molecular weight is 334 g/mol. The second kappa shape index (κ2) is 4.88. The summed E-state index contributed by atoms with van der Waals surface area (Å²) < 4.78 is 6.50. The van der Waals surface area contributed by atoms with Crippen LogP contribution < -0.4 is 15.8 Å². The molecule has 1 aromatic heterocycles. The van der Waals surface area contributed by atoms with Crippen molar-refractivity contribution >= 4 is 27.5 Å². The molecule has 102 valence electrons. The molecule has 1 amide bonds. The van der Waals surface area contributed by atoms with Gasteiger partial charge >= 0.3 is 0 Å². The van der Waals surface area contributed by atoms with Gasteiger partial charge < -0.3 is 15.8 Å². The number of halogens is 1. The van der Waals surface area contributed by atoms with Crippen LogP contribution in [0.4, 0.5) is 5.69 Å². The van der Waals surface area contributed by atoms with Gasteiger partial charge in [-0.2, -0.15) is 0 Å². The number of pyridine rings is 1. The number of amides is 1. The number of anilines is 1. The topological polar surface area (TPSA) is 77.2 Å². The van der Waals surface area contributed by atoms with Gasteiger partial charge in [0.15, 0.2) is 0 Å². The van der Waals surface area contributed by atoms with E-state index in [-0.39, 0.29) is 5.91 Å². The van der Waals surface area contributed by atoms with E-state index >= 15 is 0 Å². The predicted molar refractivity (Wildman–Crippen MR) is 78.7 cm³/mol. The standard InChI is InChI=1S/C14H12BrN3O2/c1-7-2-3-8(6-17-7)20-12-5-11-9(4-10(12)15)13(16)14(19)18-11/h2-6,13H,16H2,1H3,(H,18,19). The Bertz CT molecular complexity index is 686. The van der Waals surface area contributed by atoms with E-state index < -0.39 is 6.04 Å². The van der Waals surface area contributed by atoms with E-state index in [1.807, 2.05) is 19.1 Å². The van der Waals surface area contributed by atoms with Gasteiger partial charge in [-0.25, -0.2) is 0 Å². The summed E-state index contributed by atoms with van der Waals surface area (Å²) in [5, 5.41) is 2.73. The first-order valence-electron chi connectivity index (χ1n) is 6.05. The zero-order valence-corrected chi connectivity index (χ0v) is 12.3. The quantitative estimate of drug-likeness (QED) is 0.885. The second-order valence-electron chi connectivity index (χ2n) is 4.57. The third-order valence-electron chi connectivity index (χ3n) is 3.09. The van der Waals surface area contributed by atoms with Crippen LogP contribution in [0.3, 0.4) is 0 Å². The Hall–Kier alpha value is -1.92. The van der Waals surface area contributed by atoms with Crippen molar-refractivity contribution in [3.63, 3.8) is 0 Å². The smallest absolute Gasteiger partial charge is 0.245 e. The van der Waals surface area contributed by atoms with Crippen molar-refractivity contribution in [1.29, 1.82) is 0 Å². The van der Waals surface area contributed by atoms with Gasteiger partial charge in [-0.1, -0.05) is 0 Å². The molecule has 1 atom stereocenters. The third-order valence-corrected chi connectivity index (χ3v) is 3.71. The molecule has 0 radical (unpaired) electrons. The van der Waals surface area contributed by atoms with Gasteiger partial charge in [0.1, 0.15) is 17.5 Å². The lowest BCUT2D eigenvalue weighted by Gasteiger charge is -2.10. The molecule has 3 rings (SSSR count). The molecule has 0 saturated heterocycles. The van der Waals surface area contributed by atoms with Gasteiger partial charge in [0.05, 0.1) is 10.7 Å². The summed E-state index contributed by atoms with van der Waals surface area (Å²) in [6.45, 7) is 1.91. The number of hydrogen-bond acceptors (Lipinski definition) is 4. The van der Waals surface area contributed by atoms with Gasteiger partial charge in [-0.3, -0.25) is 9.78 Å². The molecule has 1 aliphatic rings. The number of nitrogens with zero attached hydrogens (tertiary/aromatic N) is 1. The van der Waals surface area contributed by atoms with Crippen LogP contribution in [0.25, 0.3) is 0 Å². The van der Waals surface area contributed by atoms with Crippen molar-refractivity contribution in [2.75, 3.05) is 5.32 Å². The summed E-state index contributed by atoms with van der Waals surface area (Å²) in [5.41, 5.74) is 8.16. The Morgan fingerprint density at radius 3 is 2.90 bits per heavy atom. The van der Waals surface area contributed by atoms with Crippen molar-refractivity contribution < 1.29 is 9.53 Å². The van der Waals surface area contributed by atoms with Crippen LogP contribution in [0.2, 0.25) is 0 Å². The number of aryl methyl sites for hydroxylation is 1. The third kappa shape index (κ3) is 2.28. The lowest BCUT2D eigenvalue weighted by atomic mass is 10.1. The molecular weight excluding hydrogens is 322 g/mol. The minimum absolute atomic E-state index is 0.207. The summed E-state index contributed by atoms with van der Waals surface area (Å²) in [7, 11) is 0.